The highest BCUT2D eigenvalue weighted by Crippen LogP contribution is 2.34. The van der Waals surface area contributed by atoms with Gasteiger partial charge < -0.3 is 0 Å². The summed E-state index contributed by atoms with van der Waals surface area (Å²) in [5.41, 5.74) is 0.847. The Morgan fingerprint density at radius 3 is 2.68 bits per heavy atom. The summed E-state index contributed by atoms with van der Waals surface area (Å²) in [5.74, 6) is 0. The minimum atomic E-state index is -3.25. The van der Waals surface area contributed by atoms with Crippen molar-refractivity contribution in [3.63, 3.8) is 0 Å². The molecule has 2 heterocycles. The maximum Gasteiger partial charge on any atom is 0.217 e. The van der Waals surface area contributed by atoms with Gasteiger partial charge in [-0.3, -0.25) is 4.68 Å². The van der Waals surface area contributed by atoms with E-state index in [2.05, 4.69) is 9.82 Å². The van der Waals surface area contributed by atoms with Gasteiger partial charge in [-0.05, 0) is 25.3 Å². The second kappa shape index (κ2) is 5.59. The third-order valence-corrected chi connectivity index (χ3v) is 7.04. The number of nitrogens with zero attached hydrogens (tertiary/aromatic N) is 3. The minimum Gasteiger partial charge on any atom is -0.264 e. The van der Waals surface area contributed by atoms with Crippen LogP contribution in [0.2, 0.25) is 0 Å². The standard InChI is InChI=1S/C12H20N4O4S2/c1-21(17,18)14-7-5-11-9-15(22(19,20)12-2-3-12)8-10-4-6-13-16(10)11/h4,6,11-12,14H,2-3,5,7-9H2,1H3/t11-/m0/s1. The van der Waals surface area contributed by atoms with Crippen LogP contribution in [0.25, 0.3) is 0 Å². The third kappa shape index (κ3) is 3.34. The Balaban J connectivity index is 1.75. The molecule has 1 atom stereocenters. The smallest absolute Gasteiger partial charge is 0.217 e. The van der Waals surface area contributed by atoms with E-state index >= 15 is 0 Å². The third-order valence-electron chi connectivity index (χ3n) is 4.00. The monoisotopic (exact) mass is 348 g/mol. The van der Waals surface area contributed by atoms with Crippen LogP contribution in [0.5, 0.6) is 0 Å². The van der Waals surface area contributed by atoms with Crippen LogP contribution in [-0.2, 0) is 26.6 Å². The number of hydrogen-bond donors (Lipinski definition) is 1. The van der Waals surface area contributed by atoms with E-state index in [1.165, 1.54) is 4.31 Å². The van der Waals surface area contributed by atoms with Crippen molar-refractivity contribution in [1.82, 2.24) is 18.8 Å². The molecular weight excluding hydrogens is 328 g/mol. The van der Waals surface area contributed by atoms with Crippen molar-refractivity contribution in [2.24, 2.45) is 0 Å². The van der Waals surface area contributed by atoms with Crippen molar-refractivity contribution in [3.05, 3.63) is 18.0 Å². The van der Waals surface area contributed by atoms with E-state index in [-0.39, 0.29) is 17.8 Å². The molecule has 1 fully saturated rings. The highest BCUT2D eigenvalue weighted by Gasteiger charge is 2.42. The summed E-state index contributed by atoms with van der Waals surface area (Å²) in [4.78, 5) is 0. The van der Waals surface area contributed by atoms with Gasteiger partial charge in [-0.15, -0.1) is 0 Å². The highest BCUT2D eigenvalue weighted by atomic mass is 32.2. The van der Waals surface area contributed by atoms with Gasteiger partial charge in [0.2, 0.25) is 20.0 Å². The number of hydrogen-bond acceptors (Lipinski definition) is 5. The first-order chi connectivity index (χ1) is 10.3. The fraction of sp³-hybridized carbons (Fsp3) is 0.750. The number of sulfonamides is 2. The first kappa shape index (κ1) is 15.9. The lowest BCUT2D eigenvalue weighted by atomic mass is 10.1. The molecule has 2 aliphatic rings. The number of rotatable bonds is 6. The molecule has 0 saturated heterocycles. The number of fused-ring (bicyclic) bond motifs is 1. The van der Waals surface area contributed by atoms with Gasteiger partial charge in [0, 0.05) is 19.3 Å². The Hall–Kier alpha value is -0.970. The molecule has 1 aromatic heterocycles. The van der Waals surface area contributed by atoms with Gasteiger partial charge in [-0.2, -0.15) is 9.40 Å². The molecule has 1 aliphatic carbocycles. The highest BCUT2D eigenvalue weighted by molar-refractivity contribution is 7.90. The van der Waals surface area contributed by atoms with E-state index in [0.29, 0.717) is 19.5 Å². The van der Waals surface area contributed by atoms with E-state index in [1.54, 1.807) is 6.20 Å². The van der Waals surface area contributed by atoms with E-state index in [4.69, 9.17) is 0 Å². The largest absolute Gasteiger partial charge is 0.264 e. The first-order valence-corrected chi connectivity index (χ1v) is 10.6. The molecule has 10 heteroatoms. The summed E-state index contributed by atoms with van der Waals surface area (Å²) < 4.78 is 53.0. The van der Waals surface area contributed by atoms with Gasteiger partial charge in [0.05, 0.1) is 29.8 Å². The Labute approximate surface area is 130 Å². The summed E-state index contributed by atoms with van der Waals surface area (Å²) >= 11 is 0. The van der Waals surface area contributed by atoms with Crippen molar-refractivity contribution >= 4 is 20.0 Å². The van der Waals surface area contributed by atoms with Crippen molar-refractivity contribution in [3.8, 4) is 0 Å². The fourth-order valence-corrected chi connectivity index (χ4v) is 5.08. The molecule has 0 radical (unpaired) electrons. The van der Waals surface area contributed by atoms with Crippen LogP contribution in [0.1, 0.15) is 31.0 Å². The van der Waals surface area contributed by atoms with Gasteiger partial charge in [-0.1, -0.05) is 0 Å². The Kier molecular flexibility index (Phi) is 4.04. The molecule has 8 nitrogen and oxygen atoms in total. The van der Waals surface area contributed by atoms with Crippen molar-refractivity contribution in [1.29, 1.82) is 0 Å². The molecule has 22 heavy (non-hydrogen) atoms. The van der Waals surface area contributed by atoms with Crippen LogP contribution < -0.4 is 4.72 Å². The Bertz CT molecular complexity index is 752. The maximum atomic E-state index is 12.4. The molecule has 0 bridgehead atoms. The molecule has 124 valence electrons. The van der Waals surface area contributed by atoms with Crippen molar-refractivity contribution in [2.45, 2.75) is 37.1 Å². The normalized spacial score (nSPS) is 23.4. The second-order valence-electron chi connectivity index (χ2n) is 5.91. The maximum absolute atomic E-state index is 12.4. The van der Waals surface area contributed by atoms with Gasteiger partial charge in [0.25, 0.3) is 0 Å². The summed E-state index contributed by atoms with van der Waals surface area (Å²) in [6.45, 7) is 0.952. The summed E-state index contributed by atoms with van der Waals surface area (Å²) in [5, 5.41) is 4.01. The van der Waals surface area contributed by atoms with Crippen LogP contribution in [0, 0.1) is 0 Å². The SMILES string of the molecule is CS(=O)(=O)NCC[C@H]1CN(S(=O)(=O)C2CC2)Cc2ccnn21. The average molecular weight is 348 g/mol. The lowest BCUT2D eigenvalue weighted by molar-refractivity contribution is 0.255. The molecule has 0 aromatic carbocycles. The van der Waals surface area contributed by atoms with Crippen LogP contribution in [0.4, 0.5) is 0 Å². The molecule has 1 aliphatic heterocycles. The minimum absolute atomic E-state index is 0.151. The summed E-state index contributed by atoms with van der Waals surface area (Å²) in [7, 11) is -6.49. The quantitative estimate of drug-likeness (QED) is 0.759. The topological polar surface area (TPSA) is 101 Å². The second-order valence-corrected chi connectivity index (χ2v) is 9.96. The lowest BCUT2D eigenvalue weighted by Gasteiger charge is -2.33. The van der Waals surface area contributed by atoms with Crippen molar-refractivity contribution in [2.75, 3.05) is 19.3 Å². The van der Waals surface area contributed by atoms with Gasteiger partial charge in [-0.25, -0.2) is 21.6 Å². The predicted octanol–water partition coefficient (Wildman–Crippen LogP) is -0.329. The van der Waals surface area contributed by atoms with E-state index < -0.39 is 20.0 Å². The van der Waals surface area contributed by atoms with E-state index in [0.717, 1.165) is 24.8 Å². The molecule has 1 saturated carbocycles. The predicted molar refractivity (Wildman–Crippen MR) is 81.1 cm³/mol. The first-order valence-electron chi connectivity index (χ1n) is 7.23. The van der Waals surface area contributed by atoms with Crippen LogP contribution in [-0.4, -0.2) is 55.5 Å². The lowest BCUT2D eigenvalue weighted by Crippen LogP contribution is -2.43. The van der Waals surface area contributed by atoms with E-state index in [1.807, 2.05) is 10.7 Å². The molecule has 0 spiro atoms. The molecule has 1 N–H and O–H groups in total. The van der Waals surface area contributed by atoms with Crippen molar-refractivity contribution < 1.29 is 16.8 Å². The Morgan fingerprint density at radius 2 is 2.05 bits per heavy atom. The van der Waals surface area contributed by atoms with Gasteiger partial charge >= 0.3 is 0 Å². The number of nitrogens with one attached hydrogen (secondary N) is 1. The zero-order valence-electron chi connectivity index (χ0n) is 12.3. The molecule has 1 aromatic rings. The molecular formula is C12H20N4O4S2. The number of aromatic nitrogens is 2. The fourth-order valence-electron chi connectivity index (χ4n) is 2.75. The van der Waals surface area contributed by atoms with Crippen LogP contribution in [0.3, 0.4) is 0 Å². The Morgan fingerprint density at radius 1 is 1.32 bits per heavy atom. The molecule has 0 unspecified atom stereocenters. The van der Waals surface area contributed by atoms with Crippen LogP contribution >= 0.6 is 0 Å². The average Bonchev–Trinajstić information content (AvgIpc) is 3.16. The van der Waals surface area contributed by atoms with Gasteiger partial charge in [0.15, 0.2) is 0 Å². The van der Waals surface area contributed by atoms with Crippen LogP contribution in [0.15, 0.2) is 12.3 Å². The summed E-state index contributed by atoms with van der Waals surface area (Å²) in [6, 6.07) is 1.66. The van der Waals surface area contributed by atoms with Gasteiger partial charge in [0.1, 0.15) is 0 Å². The molecule has 0 amide bonds. The molecule has 3 rings (SSSR count). The zero-order chi connectivity index (χ0) is 16.0. The zero-order valence-corrected chi connectivity index (χ0v) is 14.0. The van der Waals surface area contributed by atoms with E-state index in [9.17, 15) is 16.8 Å². The summed E-state index contributed by atoms with van der Waals surface area (Å²) in [6.07, 6.45) is 4.73.